The average molecular weight is 419 g/mol. The maximum absolute atomic E-state index is 13.5. The van der Waals surface area contributed by atoms with Crippen molar-refractivity contribution in [2.24, 2.45) is 10.7 Å². The summed E-state index contributed by atoms with van der Waals surface area (Å²) in [5.74, 6) is 1.45. The first-order chi connectivity index (χ1) is 14.9. The molecule has 5 rings (SSSR count). The highest BCUT2D eigenvalue weighted by molar-refractivity contribution is 6.07. The first kappa shape index (κ1) is 20.0. The zero-order valence-corrected chi connectivity index (χ0v) is 18.3. The molecular weight excluding hydrogens is 388 g/mol. The van der Waals surface area contributed by atoms with Crippen LogP contribution in [0, 0.1) is 0 Å². The summed E-state index contributed by atoms with van der Waals surface area (Å²) < 4.78 is 6.55. The summed E-state index contributed by atoms with van der Waals surface area (Å²) in [6, 6.07) is 12.2. The minimum atomic E-state index is -1.04. The number of aliphatic imine (C=N–C) groups is 1. The number of carbonyl (C=O) groups is 1. The summed E-state index contributed by atoms with van der Waals surface area (Å²) in [7, 11) is 1.70. The molecule has 0 radical (unpaired) electrons. The van der Waals surface area contributed by atoms with Crippen molar-refractivity contribution in [1.29, 1.82) is 0 Å². The van der Waals surface area contributed by atoms with Crippen LogP contribution in [0.1, 0.15) is 68.2 Å². The quantitative estimate of drug-likeness (QED) is 0.820. The zero-order valence-electron chi connectivity index (χ0n) is 18.3. The molecule has 162 valence electrons. The van der Waals surface area contributed by atoms with Crippen LogP contribution in [0.3, 0.4) is 0 Å². The van der Waals surface area contributed by atoms with Gasteiger partial charge >= 0.3 is 0 Å². The minimum Gasteiger partial charge on any atom is -0.487 e. The lowest BCUT2D eigenvalue weighted by Crippen LogP contribution is -2.51. The molecule has 2 atom stereocenters. The molecular formula is C25H30N4O2. The molecule has 2 N–H and O–H groups in total. The van der Waals surface area contributed by atoms with E-state index in [4.69, 9.17) is 15.5 Å². The summed E-state index contributed by atoms with van der Waals surface area (Å²) in [5, 5.41) is 0. The van der Waals surface area contributed by atoms with Gasteiger partial charge in [-0.05, 0) is 55.5 Å². The molecule has 3 aliphatic rings. The molecule has 1 aromatic carbocycles. The number of nitrogens with zero attached hydrogens (tertiary/aromatic N) is 3. The number of fused-ring (bicyclic) bond motifs is 2. The van der Waals surface area contributed by atoms with Gasteiger partial charge in [-0.15, -0.1) is 0 Å². The molecule has 2 unspecified atom stereocenters. The maximum atomic E-state index is 13.5. The molecule has 1 amide bonds. The fraction of sp³-hybridized carbons (Fsp3) is 0.480. The highest BCUT2D eigenvalue weighted by Crippen LogP contribution is 2.50. The van der Waals surface area contributed by atoms with Crippen LogP contribution < -0.4 is 10.5 Å². The van der Waals surface area contributed by atoms with Gasteiger partial charge in [0.2, 0.25) is 0 Å². The Hall–Kier alpha value is -2.89. The topological polar surface area (TPSA) is 80.8 Å². The number of nitrogens with two attached hydrogens (primary N) is 1. The number of amides is 1. The standard InChI is InChI=1S/C25H30N4O2/c1-24(15-19-10-6-7-13-27-19)16-25(22(30)29(2)23(26)28-25)20-14-18(11-12-21(20)31-24)17-8-4-3-5-9-17/h6-7,10-14,17H,3-5,8-9,15-16H2,1-2H3,(H2,26,28). The molecule has 6 heteroatoms. The van der Waals surface area contributed by atoms with Crippen molar-refractivity contribution in [3.05, 3.63) is 59.4 Å². The molecule has 31 heavy (non-hydrogen) atoms. The van der Waals surface area contributed by atoms with Crippen LogP contribution in [0.5, 0.6) is 5.75 Å². The van der Waals surface area contributed by atoms with E-state index in [0.717, 1.165) is 17.0 Å². The van der Waals surface area contributed by atoms with E-state index in [2.05, 4.69) is 17.1 Å². The molecule has 1 fully saturated rings. The van der Waals surface area contributed by atoms with Gasteiger partial charge in [-0.2, -0.15) is 0 Å². The Morgan fingerprint density at radius 2 is 2.00 bits per heavy atom. The van der Waals surface area contributed by atoms with Gasteiger partial charge in [0.15, 0.2) is 11.5 Å². The van der Waals surface area contributed by atoms with Gasteiger partial charge in [-0.1, -0.05) is 31.4 Å². The highest BCUT2D eigenvalue weighted by Gasteiger charge is 2.56. The fourth-order valence-electron chi connectivity index (χ4n) is 5.56. The van der Waals surface area contributed by atoms with Gasteiger partial charge in [-0.3, -0.25) is 14.7 Å². The Balaban J connectivity index is 1.59. The number of benzene rings is 1. The van der Waals surface area contributed by atoms with E-state index in [0.29, 0.717) is 18.8 Å². The van der Waals surface area contributed by atoms with E-state index in [1.54, 1.807) is 13.2 Å². The zero-order chi connectivity index (χ0) is 21.6. The lowest BCUT2D eigenvalue weighted by molar-refractivity contribution is -0.133. The van der Waals surface area contributed by atoms with E-state index in [1.807, 2.05) is 31.2 Å². The molecule has 0 bridgehead atoms. The molecule has 2 aliphatic heterocycles. The second kappa shape index (κ2) is 7.36. The van der Waals surface area contributed by atoms with Crippen LogP contribution in [0.15, 0.2) is 47.6 Å². The van der Waals surface area contributed by atoms with Crippen LogP contribution >= 0.6 is 0 Å². The van der Waals surface area contributed by atoms with Crippen molar-refractivity contribution in [1.82, 2.24) is 9.88 Å². The van der Waals surface area contributed by atoms with Gasteiger partial charge in [0.1, 0.15) is 11.4 Å². The largest absolute Gasteiger partial charge is 0.487 e. The van der Waals surface area contributed by atoms with Crippen LogP contribution in [-0.4, -0.2) is 34.4 Å². The Morgan fingerprint density at radius 3 is 2.68 bits per heavy atom. The SMILES string of the molecule is CN1C(=O)C2(CC(C)(Cc3ccccn3)Oc3ccc(C4CCCCC4)cc32)N=C1N. The van der Waals surface area contributed by atoms with E-state index < -0.39 is 11.1 Å². The molecule has 1 aromatic heterocycles. The van der Waals surface area contributed by atoms with Crippen LogP contribution in [0.2, 0.25) is 0 Å². The number of guanidine groups is 1. The number of likely N-dealkylation sites (N-methyl/N-ethyl adjacent to an activating group) is 1. The Labute approximate surface area is 183 Å². The van der Waals surface area contributed by atoms with Crippen LogP contribution in [0.25, 0.3) is 0 Å². The normalized spacial score (nSPS) is 28.4. The summed E-state index contributed by atoms with van der Waals surface area (Å²) in [4.78, 5) is 24.3. The van der Waals surface area contributed by atoms with E-state index in [-0.39, 0.29) is 11.9 Å². The number of rotatable bonds is 3. The molecule has 1 saturated carbocycles. The van der Waals surface area contributed by atoms with Crippen molar-refractivity contribution in [2.45, 2.75) is 68.9 Å². The number of aromatic nitrogens is 1. The summed E-state index contributed by atoms with van der Waals surface area (Å²) >= 11 is 0. The van der Waals surface area contributed by atoms with Gasteiger partial charge in [0.05, 0.1) is 0 Å². The lowest BCUT2D eigenvalue weighted by atomic mass is 9.73. The molecule has 2 aromatic rings. The predicted octanol–water partition coefficient (Wildman–Crippen LogP) is 3.90. The molecule has 3 heterocycles. The second-order valence-corrected chi connectivity index (χ2v) is 9.51. The number of hydrogen-bond acceptors (Lipinski definition) is 5. The first-order valence-corrected chi connectivity index (χ1v) is 11.3. The monoisotopic (exact) mass is 418 g/mol. The summed E-state index contributed by atoms with van der Waals surface area (Å²) in [5.41, 5.74) is 7.55. The van der Waals surface area contributed by atoms with E-state index in [1.165, 1.54) is 42.6 Å². The van der Waals surface area contributed by atoms with Crippen molar-refractivity contribution < 1.29 is 9.53 Å². The third kappa shape index (κ3) is 3.38. The molecule has 1 spiro atoms. The fourth-order valence-corrected chi connectivity index (χ4v) is 5.56. The Morgan fingerprint density at radius 1 is 1.19 bits per heavy atom. The summed E-state index contributed by atoms with van der Waals surface area (Å²) in [6.45, 7) is 2.04. The van der Waals surface area contributed by atoms with Gasteiger partial charge in [0, 0.05) is 37.3 Å². The van der Waals surface area contributed by atoms with E-state index in [9.17, 15) is 4.79 Å². The minimum absolute atomic E-state index is 0.0809. The molecule has 0 saturated heterocycles. The molecule has 6 nitrogen and oxygen atoms in total. The van der Waals surface area contributed by atoms with Crippen LogP contribution in [0.4, 0.5) is 0 Å². The predicted molar refractivity (Wildman–Crippen MR) is 120 cm³/mol. The van der Waals surface area contributed by atoms with Crippen molar-refractivity contribution in [2.75, 3.05) is 7.05 Å². The molecule has 1 aliphatic carbocycles. The van der Waals surface area contributed by atoms with E-state index >= 15 is 0 Å². The van der Waals surface area contributed by atoms with Gasteiger partial charge < -0.3 is 10.5 Å². The van der Waals surface area contributed by atoms with Crippen molar-refractivity contribution in [3.8, 4) is 5.75 Å². The van der Waals surface area contributed by atoms with Gasteiger partial charge in [-0.25, -0.2) is 4.99 Å². The Kier molecular flexibility index (Phi) is 4.76. The third-order valence-electron chi connectivity index (χ3n) is 7.10. The van der Waals surface area contributed by atoms with Crippen LogP contribution in [-0.2, 0) is 16.8 Å². The lowest BCUT2D eigenvalue weighted by Gasteiger charge is -2.43. The second-order valence-electron chi connectivity index (χ2n) is 9.51. The summed E-state index contributed by atoms with van der Waals surface area (Å²) in [6.07, 6.45) is 9.04. The Bertz CT molecular complexity index is 1030. The average Bonchev–Trinajstić information content (AvgIpc) is 2.98. The maximum Gasteiger partial charge on any atom is 0.261 e. The number of pyridine rings is 1. The van der Waals surface area contributed by atoms with Gasteiger partial charge in [0.25, 0.3) is 5.91 Å². The third-order valence-corrected chi connectivity index (χ3v) is 7.10. The van der Waals surface area contributed by atoms with Crippen molar-refractivity contribution in [3.63, 3.8) is 0 Å². The van der Waals surface area contributed by atoms with Crippen molar-refractivity contribution >= 4 is 11.9 Å². The smallest absolute Gasteiger partial charge is 0.261 e. The highest BCUT2D eigenvalue weighted by atomic mass is 16.5. The number of ether oxygens (including phenoxy) is 1. The number of hydrogen-bond donors (Lipinski definition) is 1. The number of carbonyl (C=O) groups excluding carboxylic acids is 1. The first-order valence-electron chi connectivity index (χ1n) is 11.3.